The Morgan fingerprint density at radius 3 is 1.08 bits per heavy atom. The molecule has 0 saturated heterocycles. The predicted octanol–water partition coefficient (Wildman–Crippen LogP) is 16.3. The van der Waals surface area contributed by atoms with Crippen molar-refractivity contribution in [3.63, 3.8) is 0 Å². The van der Waals surface area contributed by atoms with Crippen LogP contribution in [0.4, 0.5) is 11.4 Å². The molecule has 6 rings (SSSR count). The molecule has 2 atom stereocenters. The van der Waals surface area contributed by atoms with E-state index in [1.807, 2.05) is 0 Å². The molecule has 4 nitrogen and oxygen atoms in total. The number of nitrogens with zero attached hydrogens (tertiary/aromatic N) is 2. The van der Waals surface area contributed by atoms with Crippen molar-refractivity contribution in [1.82, 2.24) is 0 Å². The van der Waals surface area contributed by atoms with Crippen molar-refractivity contribution in [3.8, 4) is 0 Å². The number of thiophene rings is 2. The molecule has 0 N–H and O–H groups in total. The molecular weight excluding hydrogens is 933 g/mol. The van der Waals surface area contributed by atoms with E-state index in [0.717, 1.165) is 99.8 Å². The van der Waals surface area contributed by atoms with Gasteiger partial charge < -0.3 is 9.80 Å². The van der Waals surface area contributed by atoms with E-state index in [1.165, 1.54) is 128 Å². The zero-order valence-electron chi connectivity index (χ0n) is 38.4. The first-order valence-electron chi connectivity index (χ1n) is 24.8. The molecule has 2 aromatic heterocycles. The van der Waals surface area contributed by atoms with Crippen LogP contribution in [0.15, 0.2) is 56.1 Å². The molecule has 0 radical (unpaired) electrons. The molecule has 0 saturated carbocycles. The van der Waals surface area contributed by atoms with Crippen molar-refractivity contribution in [2.75, 3.05) is 22.9 Å². The summed E-state index contributed by atoms with van der Waals surface area (Å²) in [5, 5.41) is 4.23. The van der Waals surface area contributed by atoms with Gasteiger partial charge in [0, 0.05) is 44.1 Å². The van der Waals surface area contributed by atoms with Crippen LogP contribution < -0.4 is 20.2 Å². The topological polar surface area (TPSA) is 40.6 Å². The number of rotatable bonds is 30. The van der Waals surface area contributed by atoms with Gasteiger partial charge in [-0.3, -0.25) is 9.59 Å². The largest absolute Gasteiger partial charge is 0.307 e. The third-order valence-corrected chi connectivity index (χ3v) is 16.8. The highest BCUT2D eigenvalue weighted by molar-refractivity contribution is 9.11. The summed E-state index contributed by atoms with van der Waals surface area (Å²) in [6.07, 6.45) is 30.0. The van der Waals surface area contributed by atoms with Gasteiger partial charge in [0.2, 0.25) is 0 Å². The van der Waals surface area contributed by atoms with Crippen LogP contribution in [0.1, 0.15) is 192 Å². The standard InChI is InChI=1S/C54H74Br2N2O2S2/c1-5-9-13-17-19-23-27-39(25-21-15-11-7-3)37-57-51-41-29-32-44-50(46-34-36-48(56)62-46)54(60)58(38-40(26-22-16-12-8-4)28-24-20-18-14-10-6-2)52(44)42(41)30-31-43(51)49(53(57)59)45-33-35-47(55)61-45/h29-36,39-40H,5-28,37-38H2,1-4H3. The lowest BCUT2D eigenvalue weighted by atomic mass is 9.93. The summed E-state index contributed by atoms with van der Waals surface area (Å²) in [6, 6.07) is 17.2. The molecule has 4 aromatic rings. The summed E-state index contributed by atoms with van der Waals surface area (Å²) in [4.78, 5) is 36.5. The molecule has 0 aliphatic carbocycles. The van der Waals surface area contributed by atoms with Gasteiger partial charge in [-0.05, 0) is 93.6 Å². The minimum atomic E-state index is 0.124. The maximum Gasteiger partial charge on any atom is 0.260 e. The first-order chi connectivity index (χ1) is 30.3. The second-order valence-electron chi connectivity index (χ2n) is 18.4. The zero-order valence-corrected chi connectivity index (χ0v) is 43.2. The zero-order chi connectivity index (χ0) is 43.8. The van der Waals surface area contributed by atoms with Gasteiger partial charge >= 0.3 is 0 Å². The van der Waals surface area contributed by atoms with Crippen LogP contribution >= 0.6 is 54.5 Å². The monoisotopic (exact) mass is 1000 g/mol. The summed E-state index contributed by atoms with van der Waals surface area (Å²) < 4.78 is 2.07. The summed E-state index contributed by atoms with van der Waals surface area (Å²) in [7, 11) is 0. The summed E-state index contributed by atoms with van der Waals surface area (Å²) in [6.45, 7) is 10.6. The Bertz CT molecular complexity index is 2040. The fraction of sp³-hybridized carbons (Fsp3) is 0.593. The van der Waals surface area contributed by atoms with Crippen LogP contribution in [0.2, 0.25) is 0 Å². The molecule has 2 unspecified atom stereocenters. The summed E-state index contributed by atoms with van der Waals surface area (Å²) in [5.41, 5.74) is 3.72. The first kappa shape index (κ1) is 49.2. The molecule has 0 fully saturated rings. The van der Waals surface area contributed by atoms with E-state index in [4.69, 9.17) is 0 Å². The predicted molar refractivity (Wildman–Crippen MR) is 277 cm³/mol. The lowest BCUT2D eigenvalue weighted by Crippen LogP contribution is -2.34. The van der Waals surface area contributed by atoms with Gasteiger partial charge in [0.15, 0.2) is 0 Å². The van der Waals surface area contributed by atoms with Gasteiger partial charge in [-0.25, -0.2) is 0 Å². The molecule has 2 aliphatic rings. The van der Waals surface area contributed by atoms with Crippen molar-refractivity contribution in [2.45, 2.75) is 182 Å². The molecule has 2 aliphatic heterocycles. The molecule has 0 bridgehead atoms. The van der Waals surface area contributed by atoms with Crippen LogP contribution in [0.5, 0.6) is 0 Å². The SMILES string of the molecule is CCCCCCCCC(CCCCCC)CN1C(=O)C(c2ccc(Br)s2)=c2ccc3c4c(ccc3c21)=C(c1ccc(Br)s1)C(=O)N4CC(CCCCCC)CCCCCCCC. The van der Waals surface area contributed by atoms with Crippen molar-refractivity contribution < 1.29 is 9.59 Å². The Kier molecular flexibility index (Phi) is 20.2. The molecule has 4 heterocycles. The average Bonchev–Trinajstić information content (AvgIpc) is 4.03. The quantitative estimate of drug-likeness (QED) is 0.0489. The average molecular weight is 1010 g/mol. The normalized spacial score (nSPS) is 14.8. The first-order valence-corrected chi connectivity index (χ1v) is 28.0. The Labute approximate surface area is 399 Å². The highest BCUT2D eigenvalue weighted by atomic mass is 79.9. The van der Waals surface area contributed by atoms with Crippen molar-refractivity contribution >= 4 is 99.6 Å². The highest BCUT2D eigenvalue weighted by Crippen LogP contribution is 2.41. The van der Waals surface area contributed by atoms with Gasteiger partial charge in [-0.2, -0.15) is 0 Å². The van der Waals surface area contributed by atoms with E-state index in [9.17, 15) is 0 Å². The molecule has 8 heteroatoms. The van der Waals surface area contributed by atoms with Crippen LogP contribution in [-0.4, -0.2) is 24.9 Å². The third-order valence-electron chi connectivity index (χ3n) is 13.5. The number of hydrogen-bond donors (Lipinski definition) is 0. The van der Waals surface area contributed by atoms with Crippen molar-refractivity contribution in [3.05, 3.63) is 76.3 Å². The third kappa shape index (κ3) is 12.5. The fourth-order valence-electron chi connectivity index (χ4n) is 10.1. The molecule has 62 heavy (non-hydrogen) atoms. The maximum absolute atomic E-state index is 15.0. The van der Waals surface area contributed by atoms with Gasteiger partial charge in [-0.15, -0.1) is 22.7 Å². The molecule has 0 spiro atoms. The van der Waals surface area contributed by atoms with Gasteiger partial charge in [-0.1, -0.05) is 180 Å². The molecule has 338 valence electrons. The fourth-order valence-corrected chi connectivity index (χ4v) is 13.0. The molecular formula is C54H74Br2N2O2S2. The second-order valence-corrected chi connectivity index (χ2v) is 23.3. The number of carbonyl (C=O) groups is 2. The van der Waals surface area contributed by atoms with Crippen LogP contribution in [0, 0.1) is 11.8 Å². The van der Waals surface area contributed by atoms with E-state index >= 15 is 9.59 Å². The van der Waals surface area contributed by atoms with E-state index in [-0.39, 0.29) is 11.8 Å². The number of amides is 2. The van der Waals surface area contributed by atoms with Crippen LogP contribution in [0.25, 0.3) is 21.9 Å². The Balaban J connectivity index is 1.43. The summed E-state index contributed by atoms with van der Waals surface area (Å²) >= 11 is 10.7. The number of hydrogen-bond acceptors (Lipinski definition) is 4. The van der Waals surface area contributed by atoms with Gasteiger partial charge in [0.05, 0.1) is 30.1 Å². The van der Waals surface area contributed by atoms with Crippen LogP contribution in [-0.2, 0) is 9.59 Å². The van der Waals surface area contributed by atoms with Crippen LogP contribution in [0.3, 0.4) is 0 Å². The Hall–Kier alpha value is -2.26. The van der Waals surface area contributed by atoms with E-state index in [2.05, 4.69) is 118 Å². The number of fused-ring (bicyclic) bond motifs is 5. The number of anilines is 2. The number of benzene rings is 2. The van der Waals surface area contributed by atoms with Crippen molar-refractivity contribution in [1.29, 1.82) is 0 Å². The summed E-state index contributed by atoms with van der Waals surface area (Å²) in [5.74, 6) is 1.14. The number of carbonyl (C=O) groups excluding carboxylic acids is 2. The Morgan fingerprint density at radius 2 is 0.758 bits per heavy atom. The van der Waals surface area contributed by atoms with Gasteiger partial charge in [0.1, 0.15) is 0 Å². The van der Waals surface area contributed by atoms with E-state index in [1.54, 1.807) is 22.7 Å². The van der Waals surface area contributed by atoms with Crippen molar-refractivity contribution in [2.24, 2.45) is 11.8 Å². The smallest absolute Gasteiger partial charge is 0.260 e. The maximum atomic E-state index is 15.0. The number of halogens is 2. The molecule has 2 aromatic carbocycles. The number of unbranched alkanes of at least 4 members (excludes halogenated alkanes) is 16. The minimum Gasteiger partial charge on any atom is -0.307 e. The van der Waals surface area contributed by atoms with Gasteiger partial charge in [0.25, 0.3) is 11.8 Å². The lowest BCUT2D eigenvalue weighted by Gasteiger charge is -2.28. The molecule has 2 amide bonds. The minimum absolute atomic E-state index is 0.124. The second kappa shape index (κ2) is 25.4. The van der Waals surface area contributed by atoms with E-state index < -0.39 is 0 Å². The van der Waals surface area contributed by atoms with E-state index in [0.29, 0.717) is 11.8 Å². The Morgan fingerprint density at radius 1 is 0.435 bits per heavy atom. The lowest BCUT2D eigenvalue weighted by molar-refractivity contribution is -0.114. The highest BCUT2D eigenvalue weighted by Gasteiger charge is 2.37.